The number of nitrogens with zero attached hydrogens (tertiary/aromatic N) is 1. The van der Waals surface area contributed by atoms with Crippen molar-refractivity contribution < 1.29 is 9.53 Å². The lowest BCUT2D eigenvalue weighted by Gasteiger charge is -2.14. The summed E-state index contributed by atoms with van der Waals surface area (Å²) in [4.78, 5) is 17.4. The van der Waals surface area contributed by atoms with Gasteiger partial charge >= 0.3 is 5.97 Å². The minimum Gasteiger partial charge on any atom is -0.465 e. The smallest absolute Gasteiger partial charge is 0.306 e. The molecule has 2 aromatic heterocycles. The molecule has 0 N–H and O–H groups in total. The molecule has 0 aliphatic heterocycles. The van der Waals surface area contributed by atoms with Gasteiger partial charge in [-0.3, -0.25) is 9.78 Å². The van der Waals surface area contributed by atoms with Crippen molar-refractivity contribution in [1.29, 1.82) is 0 Å². The largest absolute Gasteiger partial charge is 0.465 e. The third-order valence-electron chi connectivity index (χ3n) is 3.89. The molecular weight excluding hydrogens is 326 g/mol. The zero-order chi connectivity index (χ0) is 16.5. The number of fused-ring (bicyclic) bond motifs is 1. The second-order valence-corrected chi connectivity index (χ2v) is 7.69. The number of pyridine rings is 1. The number of rotatable bonds is 10. The summed E-state index contributed by atoms with van der Waals surface area (Å²) in [7, 11) is 0. The van der Waals surface area contributed by atoms with Crippen molar-refractivity contribution in [3.63, 3.8) is 0 Å². The fourth-order valence-electron chi connectivity index (χ4n) is 2.39. The van der Waals surface area contributed by atoms with Crippen molar-refractivity contribution in [1.82, 2.24) is 4.98 Å². The van der Waals surface area contributed by atoms with Gasteiger partial charge in [0.2, 0.25) is 0 Å². The molecule has 2 heterocycles. The lowest BCUT2D eigenvalue weighted by atomic mass is 10.0. The van der Waals surface area contributed by atoms with E-state index < -0.39 is 0 Å². The van der Waals surface area contributed by atoms with Crippen LogP contribution in [0.4, 0.5) is 0 Å². The van der Waals surface area contributed by atoms with Gasteiger partial charge in [0.05, 0.1) is 23.2 Å². The Hall–Kier alpha value is -1.07. The van der Waals surface area contributed by atoms with Gasteiger partial charge in [-0.1, -0.05) is 33.1 Å². The van der Waals surface area contributed by atoms with Crippen LogP contribution in [0.25, 0.3) is 10.2 Å². The molecule has 0 bridgehead atoms. The number of aromatic nitrogens is 1. The van der Waals surface area contributed by atoms with E-state index in [4.69, 9.17) is 4.74 Å². The van der Waals surface area contributed by atoms with Gasteiger partial charge in [0.1, 0.15) is 0 Å². The van der Waals surface area contributed by atoms with E-state index in [2.05, 4.69) is 24.2 Å². The van der Waals surface area contributed by atoms with Gasteiger partial charge in [-0.25, -0.2) is 0 Å². The maximum absolute atomic E-state index is 11.9. The highest BCUT2D eigenvalue weighted by Crippen LogP contribution is 2.30. The average Bonchev–Trinajstić information content (AvgIpc) is 3.04. The van der Waals surface area contributed by atoms with Crippen LogP contribution in [0.1, 0.15) is 46.0 Å². The monoisotopic (exact) mass is 351 g/mol. The van der Waals surface area contributed by atoms with E-state index in [-0.39, 0.29) is 5.97 Å². The maximum atomic E-state index is 11.9. The van der Waals surface area contributed by atoms with Crippen LogP contribution >= 0.6 is 23.1 Å². The molecule has 2 aromatic rings. The Balaban J connectivity index is 1.71. The summed E-state index contributed by atoms with van der Waals surface area (Å²) in [5.41, 5.74) is 1.03. The lowest BCUT2D eigenvalue weighted by molar-refractivity contribution is -0.144. The fraction of sp³-hybridized carbons (Fsp3) is 0.556. The van der Waals surface area contributed by atoms with Crippen molar-refractivity contribution in [2.24, 2.45) is 5.92 Å². The molecule has 23 heavy (non-hydrogen) atoms. The number of carbonyl (C=O) groups is 1. The minimum atomic E-state index is -0.0797. The van der Waals surface area contributed by atoms with Crippen LogP contribution in [-0.2, 0) is 9.53 Å². The number of hydrogen-bond acceptors (Lipinski definition) is 5. The maximum Gasteiger partial charge on any atom is 0.306 e. The van der Waals surface area contributed by atoms with E-state index in [0.29, 0.717) is 18.9 Å². The number of hydrogen-bond donors (Lipinski definition) is 0. The molecule has 0 radical (unpaired) electrons. The fourth-order valence-corrected chi connectivity index (χ4v) is 4.35. The van der Waals surface area contributed by atoms with Crippen LogP contribution in [0.3, 0.4) is 0 Å². The molecule has 0 fully saturated rings. The number of esters is 1. The first-order valence-electron chi connectivity index (χ1n) is 8.35. The molecule has 0 amide bonds. The van der Waals surface area contributed by atoms with E-state index in [0.717, 1.165) is 24.1 Å². The summed E-state index contributed by atoms with van der Waals surface area (Å²) in [6, 6.07) is 4.05. The molecule has 2 rings (SSSR count). The molecule has 1 atom stereocenters. The minimum absolute atomic E-state index is 0.0797. The summed E-state index contributed by atoms with van der Waals surface area (Å²) in [5.74, 6) is 1.18. The number of ether oxygens (including phenoxy) is 1. The second-order valence-electron chi connectivity index (χ2n) is 5.64. The Morgan fingerprint density at radius 1 is 1.39 bits per heavy atom. The second kappa shape index (κ2) is 9.93. The van der Waals surface area contributed by atoms with E-state index >= 15 is 0 Å². The highest BCUT2D eigenvalue weighted by Gasteiger charge is 2.11. The standard InChI is InChI=1S/C18H25NO2S2/c1-3-5-6-14(4-2)13-21-17(20)9-12-22-16-7-10-19-15-8-11-23-18(15)16/h7-8,10-11,14H,3-6,9,12-13H2,1-2H3. The predicted octanol–water partition coefficient (Wildman–Crippen LogP) is 5.54. The first kappa shape index (κ1) is 18.3. The summed E-state index contributed by atoms with van der Waals surface area (Å²) in [6.45, 7) is 4.93. The molecule has 126 valence electrons. The van der Waals surface area contributed by atoms with Crippen molar-refractivity contribution in [2.75, 3.05) is 12.4 Å². The van der Waals surface area contributed by atoms with Gasteiger partial charge in [-0.15, -0.1) is 23.1 Å². The Morgan fingerprint density at radius 3 is 3.04 bits per heavy atom. The third kappa shape index (κ3) is 5.81. The van der Waals surface area contributed by atoms with E-state index in [1.807, 2.05) is 18.3 Å². The SMILES string of the molecule is CCCCC(CC)COC(=O)CCSc1ccnc2ccsc12. The van der Waals surface area contributed by atoms with Gasteiger partial charge in [0.25, 0.3) is 0 Å². The van der Waals surface area contributed by atoms with Crippen LogP contribution in [-0.4, -0.2) is 23.3 Å². The van der Waals surface area contributed by atoms with Gasteiger partial charge in [0.15, 0.2) is 0 Å². The van der Waals surface area contributed by atoms with E-state index in [9.17, 15) is 4.79 Å². The van der Waals surface area contributed by atoms with Crippen LogP contribution in [0.5, 0.6) is 0 Å². The summed E-state index contributed by atoms with van der Waals surface area (Å²) in [5, 5.41) is 2.05. The summed E-state index contributed by atoms with van der Waals surface area (Å²) in [6.07, 6.45) is 6.94. The van der Waals surface area contributed by atoms with Crippen LogP contribution < -0.4 is 0 Å². The zero-order valence-electron chi connectivity index (χ0n) is 13.9. The van der Waals surface area contributed by atoms with Crippen LogP contribution in [0, 0.1) is 5.92 Å². The molecule has 0 aromatic carbocycles. The molecule has 0 saturated carbocycles. The van der Waals surface area contributed by atoms with Gasteiger partial charge in [0, 0.05) is 16.8 Å². The zero-order valence-corrected chi connectivity index (χ0v) is 15.5. The Kier molecular flexibility index (Phi) is 7.89. The molecule has 0 spiro atoms. The van der Waals surface area contributed by atoms with Crippen molar-refractivity contribution in [3.05, 3.63) is 23.7 Å². The topological polar surface area (TPSA) is 39.2 Å². The highest BCUT2D eigenvalue weighted by molar-refractivity contribution is 7.99. The first-order chi connectivity index (χ1) is 11.2. The highest BCUT2D eigenvalue weighted by atomic mass is 32.2. The predicted molar refractivity (Wildman–Crippen MR) is 99.2 cm³/mol. The molecule has 1 unspecified atom stereocenters. The molecule has 0 saturated heterocycles. The Morgan fingerprint density at radius 2 is 2.26 bits per heavy atom. The van der Waals surface area contributed by atoms with Gasteiger partial charge in [-0.2, -0.15) is 0 Å². The normalized spacial score (nSPS) is 12.4. The van der Waals surface area contributed by atoms with Crippen molar-refractivity contribution in [3.8, 4) is 0 Å². The van der Waals surface area contributed by atoms with Crippen molar-refractivity contribution >= 4 is 39.3 Å². The lowest BCUT2D eigenvalue weighted by Crippen LogP contribution is -2.14. The number of carbonyl (C=O) groups excluding carboxylic acids is 1. The summed E-state index contributed by atoms with van der Waals surface area (Å²) < 4.78 is 6.65. The van der Waals surface area contributed by atoms with Crippen molar-refractivity contribution in [2.45, 2.75) is 50.8 Å². The van der Waals surface area contributed by atoms with Crippen LogP contribution in [0.2, 0.25) is 0 Å². The molecular formula is C18H25NO2S2. The van der Waals surface area contributed by atoms with E-state index in [1.54, 1.807) is 23.1 Å². The number of thioether (sulfide) groups is 1. The number of unbranched alkanes of at least 4 members (excludes halogenated alkanes) is 1. The average molecular weight is 352 g/mol. The molecule has 0 aliphatic carbocycles. The van der Waals surface area contributed by atoms with Gasteiger partial charge < -0.3 is 4.74 Å². The summed E-state index contributed by atoms with van der Waals surface area (Å²) >= 11 is 3.40. The van der Waals surface area contributed by atoms with Crippen LogP contribution in [0.15, 0.2) is 28.6 Å². The molecule has 5 heteroatoms. The molecule has 3 nitrogen and oxygen atoms in total. The first-order valence-corrected chi connectivity index (χ1v) is 10.2. The Labute approximate surface area is 146 Å². The number of thiophene rings is 1. The molecule has 0 aliphatic rings. The Bertz CT molecular complexity index is 612. The third-order valence-corrected chi connectivity index (χ3v) is 6.02. The quantitative estimate of drug-likeness (QED) is 0.416. The van der Waals surface area contributed by atoms with Gasteiger partial charge in [-0.05, 0) is 29.9 Å². The van der Waals surface area contributed by atoms with E-state index in [1.165, 1.54) is 22.4 Å².